The molecule has 0 aromatic heterocycles. The van der Waals surface area contributed by atoms with Gasteiger partial charge in [0.15, 0.2) is 0 Å². The Balaban J connectivity index is 2.32. The van der Waals surface area contributed by atoms with E-state index in [2.05, 4.69) is 10.6 Å². The molecule has 34 heavy (non-hydrogen) atoms. The van der Waals surface area contributed by atoms with Crippen LogP contribution in [0.1, 0.15) is 90.3 Å². The van der Waals surface area contributed by atoms with Crippen LogP contribution in [0.3, 0.4) is 0 Å². The first-order valence-corrected chi connectivity index (χ1v) is 12.6. The Hall–Kier alpha value is -2.57. The maximum absolute atomic E-state index is 13.7. The minimum absolute atomic E-state index is 0.127. The lowest BCUT2D eigenvalue weighted by atomic mass is 9.93. The van der Waals surface area contributed by atoms with Crippen LogP contribution < -0.4 is 10.6 Å². The van der Waals surface area contributed by atoms with Crippen LogP contribution in [0.15, 0.2) is 24.3 Å². The molecule has 0 radical (unpaired) electrons. The van der Waals surface area contributed by atoms with Crippen molar-refractivity contribution in [3.05, 3.63) is 35.4 Å². The van der Waals surface area contributed by atoms with Gasteiger partial charge < -0.3 is 20.3 Å². The van der Waals surface area contributed by atoms with Gasteiger partial charge in [-0.2, -0.15) is 0 Å². The van der Waals surface area contributed by atoms with Crippen LogP contribution in [0.25, 0.3) is 0 Å². The topological polar surface area (TPSA) is 87.7 Å². The molecular formula is C27H43N3O4. The number of hydrogen-bond donors (Lipinski definition) is 2. The number of alkyl carbamates (subject to hydrolysis) is 1. The number of aryl methyl sites for hydroxylation is 1. The summed E-state index contributed by atoms with van der Waals surface area (Å²) >= 11 is 0. The zero-order chi connectivity index (χ0) is 25.5. The van der Waals surface area contributed by atoms with Crippen LogP contribution >= 0.6 is 0 Å². The van der Waals surface area contributed by atoms with Crippen molar-refractivity contribution < 1.29 is 19.1 Å². The molecular weight excluding hydrogens is 430 g/mol. The average molecular weight is 474 g/mol. The molecule has 1 aliphatic rings. The van der Waals surface area contributed by atoms with Crippen molar-refractivity contribution in [1.29, 1.82) is 0 Å². The highest BCUT2D eigenvalue weighted by atomic mass is 16.6. The van der Waals surface area contributed by atoms with E-state index in [9.17, 15) is 14.4 Å². The van der Waals surface area contributed by atoms with Crippen molar-refractivity contribution in [3.63, 3.8) is 0 Å². The second-order valence-electron chi connectivity index (χ2n) is 10.6. The smallest absolute Gasteiger partial charge is 0.408 e. The van der Waals surface area contributed by atoms with Gasteiger partial charge in [0.25, 0.3) is 0 Å². The summed E-state index contributed by atoms with van der Waals surface area (Å²) in [6, 6.07) is 6.21. The van der Waals surface area contributed by atoms with E-state index in [-0.39, 0.29) is 23.8 Å². The Morgan fingerprint density at radius 1 is 1.15 bits per heavy atom. The maximum Gasteiger partial charge on any atom is 0.408 e. The maximum atomic E-state index is 13.7. The summed E-state index contributed by atoms with van der Waals surface area (Å²) in [4.78, 5) is 41.2. The Kier molecular flexibility index (Phi) is 9.95. The summed E-state index contributed by atoms with van der Waals surface area (Å²) < 4.78 is 5.40. The van der Waals surface area contributed by atoms with Crippen molar-refractivity contribution in [2.75, 3.05) is 7.05 Å². The highest BCUT2D eigenvalue weighted by Crippen LogP contribution is 2.25. The van der Waals surface area contributed by atoms with Crippen molar-refractivity contribution in [2.24, 2.45) is 5.92 Å². The Bertz CT molecular complexity index is 843. The van der Waals surface area contributed by atoms with Crippen molar-refractivity contribution in [1.82, 2.24) is 15.5 Å². The van der Waals surface area contributed by atoms with Gasteiger partial charge in [-0.15, -0.1) is 0 Å². The van der Waals surface area contributed by atoms with Gasteiger partial charge in [-0.25, -0.2) is 4.79 Å². The molecule has 0 bridgehead atoms. The van der Waals surface area contributed by atoms with Crippen molar-refractivity contribution >= 4 is 17.9 Å². The SMILES string of the molecule is CCC(C)C(NC(=O)OC(C)(C)C)C(=O)N(C)C(C(=O)NC1CCCCC1)c1cccc(C)c1. The van der Waals surface area contributed by atoms with Gasteiger partial charge >= 0.3 is 6.09 Å². The van der Waals surface area contributed by atoms with Crippen LogP contribution in [0.2, 0.25) is 0 Å². The first kappa shape index (κ1) is 27.7. The summed E-state index contributed by atoms with van der Waals surface area (Å²) in [7, 11) is 1.64. The van der Waals surface area contributed by atoms with E-state index in [4.69, 9.17) is 4.74 Å². The molecule has 0 aliphatic heterocycles. The van der Waals surface area contributed by atoms with Crippen LogP contribution in [0.5, 0.6) is 0 Å². The largest absolute Gasteiger partial charge is 0.444 e. The Morgan fingerprint density at radius 2 is 1.79 bits per heavy atom. The van der Waals surface area contributed by atoms with Gasteiger partial charge in [-0.3, -0.25) is 9.59 Å². The highest BCUT2D eigenvalue weighted by Gasteiger charge is 2.36. The molecule has 0 spiro atoms. The number of amides is 3. The van der Waals surface area contributed by atoms with Crippen LogP contribution in [0.4, 0.5) is 4.79 Å². The molecule has 1 fully saturated rings. The number of hydrogen-bond acceptors (Lipinski definition) is 4. The molecule has 1 aliphatic carbocycles. The molecule has 3 unspecified atom stereocenters. The molecule has 7 heteroatoms. The van der Waals surface area contributed by atoms with Gasteiger partial charge in [-0.05, 0) is 52.0 Å². The lowest BCUT2D eigenvalue weighted by Gasteiger charge is -2.34. The molecule has 2 N–H and O–H groups in total. The third kappa shape index (κ3) is 8.03. The molecule has 3 atom stereocenters. The number of carbonyl (C=O) groups excluding carboxylic acids is 3. The summed E-state index contributed by atoms with van der Waals surface area (Å²) in [5.41, 5.74) is 1.09. The van der Waals surface area contributed by atoms with E-state index in [1.807, 2.05) is 45.0 Å². The van der Waals surface area contributed by atoms with Gasteiger partial charge in [0.1, 0.15) is 17.7 Å². The summed E-state index contributed by atoms with van der Waals surface area (Å²) in [5, 5.41) is 5.94. The number of benzene rings is 1. The van der Waals surface area contributed by atoms with Gasteiger partial charge in [0, 0.05) is 13.1 Å². The highest BCUT2D eigenvalue weighted by molar-refractivity contribution is 5.92. The third-order valence-electron chi connectivity index (χ3n) is 6.44. The van der Waals surface area contributed by atoms with E-state index < -0.39 is 23.8 Å². The standard InChI is InChI=1S/C27H43N3O4/c1-8-19(3)22(29-26(33)34-27(4,5)6)25(32)30(7)23(20-14-12-13-18(2)17-20)24(31)28-21-15-10-9-11-16-21/h12-14,17,19,21-23H,8-11,15-16H2,1-7H3,(H,28,31)(H,29,33). The van der Waals surface area contributed by atoms with Crippen molar-refractivity contribution in [3.8, 4) is 0 Å². The number of ether oxygens (including phenoxy) is 1. The average Bonchev–Trinajstić information content (AvgIpc) is 2.76. The lowest BCUT2D eigenvalue weighted by Crippen LogP contribution is -2.54. The summed E-state index contributed by atoms with van der Waals surface area (Å²) in [6.45, 7) is 11.2. The fourth-order valence-electron chi connectivity index (χ4n) is 4.38. The van der Waals surface area contributed by atoms with Crippen LogP contribution in [0, 0.1) is 12.8 Å². The van der Waals surface area contributed by atoms with Gasteiger partial charge in [-0.1, -0.05) is 69.4 Å². The van der Waals surface area contributed by atoms with Crippen LogP contribution in [-0.2, 0) is 14.3 Å². The number of carbonyl (C=O) groups is 3. The molecule has 1 aromatic rings. The molecule has 3 amide bonds. The molecule has 0 heterocycles. The first-order chi connectivity index (χ1) is 15.9. The normalized spacial score (nSPS) is 17.3. The fraction of sp³-hybridized carbons (Fsp3) is 0.667. The monoisotopic (exact) mass is 473 g/mol. The number of likely N-dealkylation sites (N-methyl/N-ethyl adjacent to an activating group) is 1. The number of rotatable bonds is 8. The molecule has 7 nitrogen and oxygen atoms in total. The Morgan fingerprint density at radius 3 is 2.35 bits per heavy atom. The molecule has 1 saturated carbocycles. The Labute approximate surface area is 205 Å². The van der Waals surface area contributed by atoms with E-state index >= 15 is 0 Å². The fourth-order valence-corrected chi connectivity index (χ4v) is 4.38. The number of nitrogens with zero attached hydrogens (tertiary/aromatic N) is 1. The quantitative estimate of drug-likeness (QED) is 0.563. The summed E-state index contributed by atoms with van der Waals surface area (Å²) in [6.07, 6.45) is 5.36. The summed E-state index contributed by atoms with van der Waals surface area (Å²) in [5.74, 6) is -0.638. The van der Waals surface area contributed by atoms with Crippen LogP contribution in [-0.4, -0.2) is 47.5 Å². The third-order valence-corrected chi connectivity index (χ3v) is 6.44. The zero-order valence-electron chi connectivity index (χ0n) is 21.9. The second-order valence-corrected chi connectivity index (χ2v) is 10.6. The zero-order valence-corrected chi connectivity index (χ0v) is 21.9. The van der Waals surface area contributed by atoms with E-state index in [1.165, 1.54) is 11.3 Å². The van der Waals surface area contributed by atoms with Crippen molar-refractivity contribution in [2.45, 2.75) is 104 Å². The van der Waals surface area contributed by atoms with Gasteiger partial charge in [0.05, 0.1) is 0 Å². The lowest BCUT2D eigenvalue weighted by molar-refractivity contribution is -0.142. The van der Waals surface area contributed by atoms with E-state index in [1.54, 1.807) is 27.8 Å². The molecule has 0 saturated heterocycles. The molecule has 1 aromatic carbocycles. The van der Waals surface area contributed by atoms with E-state index in [0.717, 1.165) is 36.8 Å². The number of nitrogens with one attached hydrogen (secondary N) is 2. The minimum atomic E-state index is -0.806. The second kappa shape index (κ2) is 12.2. The van der Waals surface area contributed by atoms with Gasteiger partial charge in [0.2, 0.25) is 11.8 Å². The predicted octanol–water partition coefficient (Wildman–Crippen LogP) is 4.88. The predicted molar refractivity (Wildman–Crippen MR) is 134 cm³/mol. The molecule has 190 valence electrons. The minimum Gasteiger partial charge on any atom is -0.444 e. The molecule has 2 rings (SSSR count). The first-order valence-electron chi connectivity index (χ1n) is 12.6. The van der Waals surface area contributed by atoms with E-state index in [0.29, 0.717) is 6.42 Å².